The van der Waals surface area contributed by atoms with Crippen LogP contribution in [0.25, 0.3) is 0 Å². The van der Waals surface area contributed by atoms with E-state index in [1.165, 1.54) is 4.90 Å². The van der Waals surface area contributed by atoms with Crippen molar-refractivity contribution in [3.8, 4) is 0 Å². The third-order valence-electron chi connectivity index (χ3n) is 5.68. The van der Waals surface area contributed by atoms with E-state index in [0.717, 1.165) is 12.1 Å². The minimum atomic E-state index is -0.268. The Kier molecular flexibility index (Phi) is 4.98. The fourth-order valence-corrected chi connectivity index (χ4v) is 4.20. The second kappa shape index (κ2) is 7.58. The lowest BCUT2D eigenvalue weighted by molar-refractivity contribution is -0.140. The number of amides is 4. The summed E-state index contributed by atoms with van der Waals surface area (Å²) in [7, 11) is 0. The number of carbonyl (C=O) groups is 4. The monoisotopic (exact) mass is 381 g/mol. The molecule has 1 N–H and O–H groups in total. The van der Waals surface area contributed by atoms with Crippen molar-refractivity contribution in [3.63, 3.8) is 0 Å². The molecule has 0 bridgehead atoms. The SMILES string of the molecule is O=C(CCN1C(=O)[C@H]2CC=CC[C@H]2C1=O)Nc1cccc(N2CCCC2=O)c1. The van der Waals surface area contributed by atoms with Gasteiger partial charge in [-0.3, -0.25) is 24.1 Å². The second-order valence-corrected chi connectivity index (χ2v) is 7.48. The van der Waals surface area contributed by atoms with E-state index in [4.69, 9.17) is 0 Å². The highest BCUT2D eigenvalue weighted by molar-refractivity contribution is 6.06. The van der Waals surface area contributed by atoms with Gasteiger partial charge in [-0.1, -0.05) is 18.2 Å². The average Bonchev–Trinajstić information content (AvgIpc) is 3.23. The lowest BCUT2D eigenvalue weighted by atomic mass is 9.85. The summed E-state index contributed by atoms with van der Waals surface area (Å²) in [4.78, 5) is 52.1. The Balaban J connectivity index is 1.34. The van der Waals surface area contributed by atoms with Gasteiger partial charge in [0.2, 0.25) is 23.6 Å². The van der Waals surface area contributed by atoms with E-state index < -0.39 is 0 Å². The number of rotatable bonds is 5. The number of imide groups is 1. The van der Waals surface area contributed by atoms with Gasteiger partial charge in [0.15, 0.2) is 0 Å². The largest absolute Gasteiger partial charge is 0.326 e. The van der Waals surface area contributed by atoms with Crippen LogP contribution >= 0.6 is 0 Å². The predicted octanol–water partition coefficient (Wildman–Crippen LogP) is 2.09. The predicted molar refractivity (Wildman–Crippen MR) is 103 cm³/mol. The molecular weight excluding hydrogens is 358 g/mol. The summed E-state index contributed by atoms with van der Waals surface area (Å²) < 4.78 is 0. The third kappa shape index (κ3) is 3.44. The summed E-state index contributed by atoms with van der Waals surface area (Å²) in [5, 5.41) is 2.80. The number of fused-ring (bicyclic) bond motifs is 1. The Hall–Kier alpha value is -2.96. The highest BCUT2D eigenvalue weighted by Gasteiger charge is 2.46. The van der Waals surface area contributed by atoms with Crippen LogP contribution in [0.1, 0.15) is 32.1 Å². The highest BCUT2D eigenvalue weighted by Crippen LogP contribution is 2.35. The molecule has 4 amide bonds. The standard InChI is InChI=1S/C21H23N3O4/c25-18(10-12-24-20(27)16-7-1-2-8-17(16)21(24)28)22-14-5-3-6-15(13-14)23-11-4-9-19(23)26/h1-3,5-6,13,16-17H,4,7-12H2,(H,22,25)/t16-,17+. The summed E-state index contributed by atoms with van der Waals surface area (Å²) in [5.41, 5.74) is 1.36. The van der Waals surface area contributed by atoms with E-state index in [-0.39, 0.29) is 48.4 Å². The smallest absolute Gasteiger partial charge is 0.233 e. The van der Waals surface area contributed by atoms with Crippen LogP contribution in [0, 0.1) is 11.8 Å². The molecule has 146 valence electrons. The lowest BCUT2D eigenvalue weighted by Gasteiger charge is -2.17. The first kappa shape index (κ1) is 18.4. The zero-order valence-electron chi connectivity index (χ0n) is 15.6. The first-order valence-corrected chi connectivity index (χ1v) is 9.75. The van der Waals surface area contributed by atoms with Crippen molar-refractivity contribution in [1.82, 2.24) is 4.90 Å². The Bertz CT molecular complexity index is 837. The Morgan fingerprint density at radius 1 is 1.07 bits per heavy atom. The summed E-state index contributed by atoms with van der Waals surface area (Å²) in [5.74, 6) is -1.04. The van der Waals surface area contributed by atoms with E-state index in [2.05, 4.69) is 5.32 Å². The molecule has 2 heterocycles. The van der Waals surface area contributed by atoms with Gasteiger partial charge < -0.3 is 10.2 Å². The lowest BCUT2D eigenvalue weighted by Crippen LogP contribution is -2.34. The van der Waals surface area contributed by atoms with Crippen molar-refractivity contribution in [1.29, 1.82) is 0 Å². The number of anilines is 2. The van der Waals surface area contributed by atoms with E-state index in [1.807, 2.05) is 18.2 Å². The highest BCUT2D eigenvalue weighted by atomic mass is 16.2. The van der Waals surface area contributed by atoms with Crippen molar-refractivity contribution in [3.05, 3.63) is 36.4 Å². The zero-order valence-corrected chi connectivity index (χ0v) is 15.6. The van der Waals surface area contributed by atoms with Gasteiger partial charge in [-0.05, 0) is 37.5 Å². The van der Waals surface area contributed by atoms with E-state index in [9.17, 15) is 19.2 Å². The van der Waals surface area contributed by atoms with Crippen LogP contribution < -0.4 is 10.2 Å². The number of nitrogens with one attached hydrogen (secondary N) is 1. The third-order valence-corrected chi connectivity index (χ3v) is 5.68. The molecule has 0 saturated carbocycles. The van der Waals surface area contributed by atoms with Crippen molar-refractivity contribution < 1.29 is 19.2 Å². The molecule has 2 atom stereocenters. The van der Waals surface area contributed by atoms with Crippen LogP contribution in [0.5, 0.6) is 0 Å². The van der Waals surface area contributed by atoms with E-state index in [0.29, 0.717) is 31.5 Å². The van der Waals surface area contributed by atoms with Crippen LogP contribution in [-0.4, -0.2) is 41.6 Å². The Labute approximate surface area is 163 Å². The number of hydrogen-bond donors (Lipinski definition) is 1. The quantitative estimate of drug-likeness (QED) is 0.625. The molecule has 0 unspecified atom stereocenters. The fraction of sp³-hybridized carbons (Fsp3) is 0.429. The molecule has 2 saturated heterocycles. The van der Waals surface area contributed by atoms with Gasteiger partial charge in [-0.15, -0.1) is 0 Å². The number of allylic oxidation sites excluding steroid dienone is 2. The minimum Gasteiger partial charge on any atom is -0.326 e. The number of benzene rings is 1. The maximum Gasteiger partial charge on any atom is 0.233 e. The maximum absolute atomic E-state index is 12.4. The van der Waals surface area contributed by atoms with Crippen molar-refractivity contribution in [2.75, 3.05) is 23.3 Å². The molecule has 28 heavy (non-hydrogen) atoms. The molecular formula is C21H23N3O4. The normalized spacial score (nSPS) is 24.1. The molecule has 0 spiro atoms. The fourth-order valence-electron chi connectivity index (χ4n) is 4.20. The van der Waals surface area contributed by atoms with Crippen LogP contribution in [0.3, 0.4) is 0 Å². The van der Waals surface area contributed by atoms with E-state index >= 15 is 0 Å². The number of likely N-dealkylation sites (tertiary alicyclic amines) is 1. The van der Waals surface area contributed by atoms with Gasteiger partial charge in [0.05, 0.1) is 11.8 Å². The molecule has 2 fully saturated rings. The van der Waals surface area contributed by atoms with Crippen LogP contribution in [0.2, 0.25) is 0 Å². The summed E-state index contributed by atoms with van der Waals surface area (Å²) >= 11 is 0. The van der Waals surface area contributed by atoms with Gasteiger partial charge in [0.25, 0.3) is 0 Å². The molecule has 3 aliphatic rings. The molecule has 7 heteroatoms. The molecule has 0 aromatic heterocycles. The van der Waals surface area contributed by atoms with Crippen LogP contribution in [0.4, 0.5) is 11.4 Å². The molecule has 1 aliphatic carbocycles. The van der Waals surface area contributed by atoms with Gasteiger partial charge in [-0.25, -0.2) is 0 Å². The zero-order chi connectivity index (χ0) is 19.7. The Morgan fingerprint density at radius 2 is 1.79 bits per heavy atom. The first-order chi connectivity index (χ1) is 13.5. The Morgan fingerprint density at radius 3 is 2.43 bits per heavy atom. The number of nitrogens with zero attached hydrogens (tertiary/aromatic N) is 2. The second-order valence-electron chi connectivity index (χ2n) is 7.48. The van der Waals surface area contributed by atoms with E-state index in [1.54, 1.807) is 23.1 Å². The summed E-state index contributed by atoms with van der Waals surface area (Å²) in [6, 6.07) is 7.17. The number of hydrogen-bond acceptors (Lipinski definition) is 4. The average molecular weight is 381 g/mol. The minimum absolute atomic E-state index is 0.0528. The molecule has 4 rings (SSSR count). The summed E-state index contributed by atoms with van der Waals surface area (Å²) in [6.45, 7) is 0.785. The molecule has 0 radical (unpaired) electrons. The molecule has 1 aromatic carbocycles. The van der Waals surface area contributed by atoms with Gasteiger partial charge in [0.1, 0.15) is 0 Å². The molecule has 1 aromatic rings. The topological polar surface area (TPSA) is 86.8 Å². The molecule has 7 nitrogen and oxygen atoms in total. The number of carbonyl (C=O) groups excluding carboxylic acids is 4. The van der Waals surface area contributed by atoms with Crippen LogP contribution in [-0.2, 0) is 19.2 Å². The van der Waals surface area contributed by atoms with Crippen molar-refractivity contribution >= 4 is 35.0 Å². The van der Waals surface area contributed by atoms with Gasteiger partial charge in [0, 0.05) is 37.3 Å². The van der Waals surface area contributed by atoms with Crippen molar-refractivity contribution in [2.45, 2.75) is 32.1 Å². The first-order valence-electron chi connectivity index (χ1n) is 9.75. The molecule has 2 aliphatic heterocycles. The van der Waals surface area contributed by atoms with Crippen molar-refractivity contribution in [2.24, 2.45) is 11.8 Å². The van der Waals surface area contributed by atoms with Gasteiger partial charge in [-0.2, -0.15) is 0 Å². The van der Waals surface area contributed by atoms with Crippen LogP contribution in [0.15, 0.2) is 36.4 Å². The summed E-state index contributed by atoms with van der Waals surface area (Å²) in [6.07, 6.45) is 6.52. The van der Waals surface area contributed by atoms with Gasteiger partial charge >= 0.3 is 0 Å². The maximum atomic E-state index is 12.4.